The maximum Gasteiger partial charge on any atom is 0.246 e. The fraction of sp³-hybridized carbons (Fsp3) is 0.450. The van der Waals surface area contributed by atoms with Crippen molar-refractivity contribution in [2.75, 3.05) is 18.8 Å². The first-order valence-corrected chi connectivity index (χ1v) is 11.5. The van der Waals surface area contributed by atoms with Crippen molar-refractivity contribution < 1.29 is 8.42 Å². The van der Waals surface area contributed by atoms with Crippen LogP contribution in [0, 0.1) is 12.8 Å². The third kappa shape index (κ3) is 3.84. The summed E-state index contributed by atoms with van der Waals surface area (Å²) in [5, 5.41) is 11.7. The van der Waals surface area contributed by atoms with Gasteiger partial charge in [0.05, 0.1) is 11.9 Å². The third-order valence-corrected chi connectivity index (χ3v) is 7.36. The molecule has 160 valence electrons. The lowest BCUT2D eigenvalue weighted by Crippen LogP contribution is -2.29. The Bertz CT molecular complexity index is 1150. The molecule has 1 aliphatic heterocycles. The molecule has 0 unspecified atom stereocenters. The second-order valence-electron chi connectivity index (χ2n) is 8.21. The van der Waals surface area contributed by atoms with Gasteiger partial charge < -0.3 is 5.73 Å². The number of aryl methyl sites for hydroxylation is 1. The van der Waals surface area contributed by atoms with Crippen molar-refractivity contribution in [1.82, 2.24) is 29.3 Å². The molecule has 1 atom stereocenters. The molecular formula is C20H27N7O2S. The minimum Gasteiger partial charge on any atom is -0.384 e. The Balaban J connectivity index is 1.57. The van der Waals surface area contributed by atoms with E-state index in [1.165, 1.54) is 0 Å². The average molecular weight is 430 g/mol. The number of anilines is 1. The summed E-state index contributed by atoms with van der Waals surface area (Å²) in [5.74, 6) is 0.846. The van der Waals surface area contributed by atoms with Crippen molar-refractivity contribution in [3.63, 3.8) is 0 Å². The van der Waals surface area contributed by atoms with Crippen LogP contribution in [0.5, 0.6) is 0 Å². The molecule has 0 amide bonds. The number of nitrogens with zero attached hydrogens (tertiary/aromatic N) is 5. The zero-order valence-electron chi connectivity index (χ0n) is 17.4. The lowest BCUT2D eigenvalue weighted by Gasteiger charge is -2.16. The van der Waals surface area contributed by atoms with Crippen LogP contribution in [-0.4, -0.2) is 50.8 Å². The molecule has 30 heavy (non-hydrogen) atoms. The van der Waals surface area contributed by atoms with Crippen LogP contribution in [0.25, 0.3) is 11.1 Å². The largest absolute Gasteiger partial charge is 0.384 e. The first kappa shape index (κ1) is 20.5. The fourth-order valence-corrected chi connectivity index (χ4v) is 5.66. The highest BCUT2D eigenvalue weighted by Gasteiger charge is 2.36. The van der Waals surface area contributed by atoms with Crippen molar-refractivity contribution in [1.29, 1.82) is 0 Å². The van der Waals surface area contributed by atoms with Crippen LogP contribution in [0.3, 0.4) is 0 Å². The Morgan fingerprint density at radius 1 is 1.37 bits per heavy atom. The SMILES string of the molecule is Cc1nn(CC(C)C)cc1S(=O)(=O)N1CC[C@@H](c2[nH]ncc2-c2ccnc(N)c2)C1. The smallest absolute Gasteiger partial charge is 0.246 e. The van der Waals surface area contributed by atoms with E-state index >= 15 is 0 Å². The molecule has 4 rings (SSSR count). The summed E-state index contributed by atoms with van der Waals surface area (Å²) in [5.41, 5.74) is 9.12. The van der Waals surface area contributed by atoms with Gasteiger partial charge in [0.2, 0.25) is 10.0 Å². The molecule has 10 heteroatoms. The molecule has 0 spiro atoms. The normalized spacial score (nSPS) is 17.8. The Labute approximate surface area is 176 Å². The van der Waals surface area contributed by atoms with Crippen LogP contribution in [-0.2, 0) is 16.6 Å². The van der Waals surface area contributed by atoms with E-state index in [1.54, 1.807) is 40.6 Å². The fourth-order valence-electron chi connectivity index (χ4n) is 3.99. The lowest BCUT2D eigenvalue weighted by atomic mass is 9.97. The molecule has 1 aliphatic rings. The number of sulfonamides is 1. The number of aromatic nitrogens is 5. The van der Waals surface area contributed by atoms with E-state index in [0.29, 0.717) is 43.5 Å². The Hall–Kier alpha value is -2.72. The highest BCUT2D eigenvalue weighted by Crippen LogP contribution is 2.35. The highest BCUT2D eigenvalue weighted by molar-refractivity contribution is 7.89. The summed E-state index contributed by atoms with van der Waals surface area (Å²) in [7, 11) is -3.61. The summed E-state index contributed by atoms with van der Waals surface area (Å²) >= 11 is 0. The van der Waals surface area contributed by atoms with Gasteiger partial charge in [-0.2, -0.15) is 14.5 Å². The zero-order chi connectivity index (χ0) is 21.5. The number of hydrogen-bond acceptors (Lipinski definition) is 6. The molecule has 0 radical (unpaired) electrons. The zero-order valence-corrected chi connectivity index (χ0v) is 18.2. The van der Waals surface area contributed by atoms with Gasteiger partial charge >= 0.3 is 0 Å². The van der Waals surface area contributed by atoms with E-state index in [9.17, 15) is 8.42 Å². The van der Waals surface area contributed by atoms with Crippen LogP contribution >= 0.6 is 0 Å². The number of nitrogens with one attached hydrogen (secondary N) is 1. The van der Waals surface area contributed by atoms with E-state index in [0.717, 1.165) is 16.8 Å². The Kier molecular flexibility index (Phi) is 5.37. The van der Waals surface area contributed by atoms with Crippen LogP contribution < -0.4 is 5.73 Å². The van der Waals surface area contributed by atoms with Gasteiger partial charge in [-0.15, -0.1) is 0 Å². The van der Waals surface area contributed by atoms with E-state index in [-0.39, 0.29) is 10.8 Å². The molecule has 1 fully saturated rings. The second kappa shape index (κ2) is 7.84. The summed E-state index contributed by atoms with van der Waals surface area (Å²) in [4.78, 5) is 4.32. The topological polar surface area (TPSA) is 123 Å². The third-order valence-electron chi connectivity index (χ3n) is 5.39. The molecule has 3 N–H and O–H groups in total. The number of nitrogens with two attached hydrogens (primary N) is 1. The summed E-state index contributed by atoms with van der Waals surface area (Å²) in [6, 6.07) is 3.67. The van der Waals surface area contributed by atoms with Gasteiger partial charge in [-0.05, 0) is 37.0 Å². The first-order chi connectivity index (χ1) is 14.3. The standard InChI is InChI=1S/C20H27N7O2S/c1-13(2)10-26-12-18(14(3)25-26)30(28,29)27-7-5-16(11-27)20-17(9-23-24-20)15-4-6-22-19(21)8-15/h4,6,8-9,12-13,16H,5,7,10-11H2,1-3H3,(H2,21,22)(H,23,24)/t16-/m1/s1. The van der Waals surface area contributed by atoms with Crippen molar-refractivity contribution in [2.24, 2.45) is 5.92 Å². The van der Waals surface area contributed by atoms with Crippen molar-refractivity contribution in [3.05, 3.63) is 42.1 Å². The van der Waals surface area contributed by atoms with Gasteiger partial charge in [-0.1, -0.05) is 13.8 Å². The van der Waals surface area contributed by atoms with Gasteiger partial charge in [0, 0.05) is 49.2 Å². The molecular weight excluding hydrogens is 402 g/mol. The molecule has 0 aromatic carbocycles. The molecule has 0 aliphatic carbocycles. The monoisotopic (exact) mass is 429 g/mol. The van der Waals surface area contributed by atoms with Crippen LogP contribution in [0.15, 0.2) is 35.6 Å². The summed E-state index contributed by atoms with van der Waals surface area (Å²) in [6.45, 7) is 7.44. The second-order valence-corrected chi connectivity index (χ2v) is 10.1. The number of nitrogen functional groups attached to an aromatic ring is 1. The maximum absolute atomic E-state index is 13.3. The molecule has 0 bridgehead atoms. The molecule has 4 heterocycles. The average Bonchev–Trinajstić information content (AvgIpc) is 3.40. The van der Waals surface area contributed by atoms with E-state index < -0.39 is 10.0 Å². The van der Waals surface area contributed by atoms with Crippen molar-refractivity contribution in [2.45, 2.75) is 44.6 Å². The van der Waals surface area contributed by atoms with E-state index in [1.807, 2.05) is 6.07 Å². The van der Waals surface area contributed by atoms with Gasteiger partial charge in [-0.25, -0.2) is 13.4 Å². The summed E-state index contributed by atoms with van der Waals surface area (Å²) < 4.78 is 29.9. The summed E-state index contributed by atoms with van der Waals surface area (Å²) in [6.07, 6.45) is 5.78. The van der Waals surface area contributed by atoms with Crippen molar-refractivity contribution >= 4 is 15.8 Å². The van der Waals surface area contributed by atoms with Gasteiger partial charge in [0.15, 0.2) is 0 Å². The lowest BCUT2D eigenvalue weighted by molar-refractivity contribution is 0.469. The van der Waals surface area contributed by atoms with Crippen LogP contribution in [0.4, 0.5) is 5.82 Å². The van der Waals surface area contributed by atoms with E-state index in [2.05, 4.69) is 34.1 Å². The van der Waals surface area contributed by atoms with Gasteiger partial charge in [0.25, 0.3) is 0 Å². The highest BCUT2D eigenvalue weighted by atomic mass is 32.2. The van der Waals surface area contributed by atoms with Gasteiger partial charge in [-0.3, -0.25) is 9.78 Å². The number of hydrogen-bond donors (Lipinski definition) is 2. The molecule has 3 aromatic rings. The number of rotatable bonds is 6. The minimum atomic E-state index is -3.61. The molecule has 1 saturated heterocycles. The van der Waals surface area contributed by atoms with Crippen LogP contribution in [0.1, 0.15) is 37.6 Å². The predicted octanol–water partition coefficient (Wildman–Crippen LogP) is 2.39. The maximum atomic E-state index is 13.3. The Morgan fingerprint density at radius 2 is 2.17 bits per heavy atom. The first-order valence-electron chi connectivity index (χ1n) is 10.0. The predicted molar refractivity (Wildman–Crippen MR) is 114 cm³/mol. The number of pyridine rings is 1. The Morgan fingerprint density at radius 3 is 2.90 bits per heavy atom. The minimum absolute atomic E-state index is 0.0256. The number of aromatic amines is 1. The van der Waals surface area contributed by atoms with Crippen LogP contribution in [0.2, 0.25) is 0 Å². The van der Waals surface area contributed by atoms with Gasteiger partial charge in [0.1, 0.15) is 10.7 Å². The van der Waals surface area contributed by atoms with E-state index in [4.69, 9.17) is 5.73 Å². The molecule has 3 aromatic heterocycles. The molecule has 0 saturated carbocycles. The van der Waals surface area contributed by atoms with Crippen molar-refractivity contribution in [3.8, 4) is 11.1 Å². The quantitative estimate of drug-likeness (QED) is 0.620. The molecule has 9 nitrogen and oxygen atoms in total. The number of H-pyrrole nitrogens is 1.